The average Bonchev–Trinajstić information content (AvgIpc) is 3.51. The average molecular weight is 454 g/mol. The first-order valence-electron chi connectivity index (χ1n) is 12.2. The number of nitrogens with one attached hydrogen (secondary N) is 1. The molecule has 1 unspecified atom stereocenters. The van der Waals surface area contributed by atoms with Crippen LogP contribution in [-0.4, -0.2) is 62.7 Å². The Labute approximate surface area is 195 Å². The van der Waals surface area contributed by atoms with Crippen LogP contribution in [0.25, 0.3) is 11.3 Å². The zero-order chi connectivity index (χ0) is 23.2. The topological polar surface area (TPSA) is 92.5 Å². The van der Waals surface area contributed by atoms with E-state index in [2.05, 4.69) is 22.3 Å². The van der Waals surface area contributed by atoms with E-state index >= 15 is 0 Å². The highest BCUT2D eigenvalue weighted by molar-refractivity contribution is 5.69. The molecule has 2 N–H and O–H groups in total. The highest BCUT2D eigenvalue weighted by atomic mass is 16.6. The van der Waals surface area contributed by atoms with Gasteiger partial charge in [-0.3, -0.25) is 9.67 Å². The smallest absolute Gasteiger partial charge is 0.410 e. The monoisotopic (exact) mass is 453 g/mol. The maximum atomic E-state index is 12.7. The highest BCUT2D eigenvalue weighted by Gasteiger charge is 2.36. The van der Waals surface area contributed by atoms with Crippen molar-refractivity contribution in [1.29, 1.82) is 0 Å². The largest absolute Gasteiger partial charge is 0.444 e. The summed E-state index contributed by atoms with van der Waals surface area (Å²) in [5.74, 6) is 0.894. The molecule has 1 saturated heterocycles. The third-order valence-corrected chi connectivity index (χ3v) is 6.86. The fourth-order valence-corrected chi connectivity index (χ4v) is 4.87. The molecular weight excluding hydrogens is 418 g/mol. The zero-order valence-corrected chi connectivity index (χ0v) is 19.8. The Morgan fingerprint density at radius 2 is 2.09 bits per heavy atom. The van der Waals surface area contributed by atoms with Gasteiger partial charge in [0.25, 0.3) is 0 Å². The number of aliphatic hydroxyl groups is 1. The molecule has 3 fully saturated rings. The first-order valence-corrected chi connectivity index (χ1v) is 12.2. The molecule has 2 aromatic heterocycles. The number of pyridine rings is 1. The Bertz CT molecular complexity index is 1000. The van der Waals surface area contributed by atoms with Crippen molar-refractivity contribution in [1.82, 2.24) is 25.0 Å². The molecule has 1 aliphatic heterocycles. The number of piperazine rings is 1. The lowest BCUT2D eigenvalue weighted by atomic mass is 9.81. The van der Waals surface area contributed by atoms with E-state index in [4.69, 9.17) is 14.8 Å². The van der Waals surface area contributed by atoms with Gasteiger partial charge in [0.1, 0.15) is 5.60 Å². The van der Waals surface area contributed by atoms with Crippen molar-refractivity contribution in [3.63, 3.8) is 0 Å². The quantitative estimate of drug-likeness (QED) is 0.718. The van der Waals surface area contributed by atoms with Crippen LogP contribution in [0.3, 0.4) is 0 Å². The Morgan fingerprint density at radius 3 is 2.79 bits per heavy atom. The van der Waals surface area contributed by atoms with Gasteiger partial charge in [-0.2, -0.15) is 5.10 Å². The van der Waals surface area contributed by atoms with Gasteiger partial charge < -0.3 is 20.1 Å². The van der Waals surface area contributed by atoms with E-state index in [-0.39, 0.29) is 18.7 Å². The first-order chi connectivity index (χ1) is 15.8. The number of aromatic nitrogens is 3. The number of hydrogen-bond donors (Lipinski definition) is 2. The minimum atomic E-state index is -0.513. The van der Waals surface area contributed by atoms with E-state index in [1.54, 1.807) is 4.90 Å². The third kappa shape index (κ3) is 4.77. The van der Waals surface area contributed by atoms with Crippen LogP contribution in [0, 0.1) is 5.92 Å². The second kappa shape index (κ2) is 8.72. The molecule has 3 heterocycles. The lowest BCUT2D eigenvalue weighted by Crippen LogP contribution is -2.49. The lowest BCUT2D eigenvalue weighted by molar-refractivity contribution is 0.0195. The van der Waals surface area contributed by atoms with Crippen molar-refractivity contribution >= 4 is 6.09 Å². The summed E-state index contributed by atoms with van der Waals surface area (Å²) in [7, 11) is 0. The molecule has 5 rings (SSSR count). The van der Waals surface area contributed by atoms with E-state index in [1.807, 2.05) is 33.0 Å². The van der Waals surface area contributed by atoms with Gasteiger partial charge in [-0.1, -0.05) is 6.07 Å². The van der Waals surface area contributed by atoms with E-state index in [9.17, 15) is 9.90 Å². The number of carbonyl (C=O) groups is 1. The molecule has 8 nitrogen and oxygen atoms in total. The van der Waals surface area contributed by atoms with Crippen LogP contribution in [0.4, 0.5) is 4.79 Å². The van der Waals surface area contributed by atoms with Crippen LogP contribution >= 0.6 is 0 Å². The van der Waals surface area contributed by atoms with Crippen LogP contribution in [0.5, 0.6) is 0 Å². The highest BCUT2D eigenvalue weighted by Crippen LogP contribution is 2.46. The summed E-state index contributed by atoms with van der Waals surface area (Å²) in [6.45, 7) is 7.81. The van der Waals surface area contributed by atoms with Crippen LogP contribution < -0.4 is 5.32 Å². The van der Waals surface area contributed by atoms with E-state index in [0.717, 1.165) is 35.4 Å². The van der Waals surface area contributed by atoms with Gasteiger partial charge in [0, 0.05) is 50.1 Å². The minimum Gasteiger partial charge on any atom is -0.444 e. The fourth-order valence-electron chi connectivity index (χ4n) is 4.87. The lowest BCUT2D eigenvalue weighted by Gasteiger charge is -2.35. The molecule has 1 atom stereocenters. The predicted molar refractivity (Wildman–Crippen MR) is 125 cm³/mol. The summed E-state index contributed by atoms with van der Waals surface area (Å²) in [6.07, 6.45) is 8.03. The number of aliphatic hydroxyl groups excluding tert-OH is 1. The van der Waals surface area contributed by atoms with Crippen molar-refractivity contribution in [3.05, 3.63) is 35.8 Å². The number of ether oxygens (including phenoxy) is 1. The van der Waals surface area contributed by atoms with Crippen molar-refractivity contribution in [2.75, 3.05) is 26.2 Å². The van der Waals surface area contributed by atoms with E-state index in [1.165, 1.54) is 12.8 Å². The molecule has 33 heavy (non-hydrogen) atoms. The standard InChI is InChI=1S/C25H35N5O3/c1-25(2,3)33-24(32)29-10-9-26-21(14-29)19-5-4-8-27-23(19)20-13-30(18-11-16(12-18)15-31)28-22(20)17-6-7-17/h4-5,8,13,16-18,21,26,31H,6-7,9-12,14-15H2,1-3H3. The second-order valence-corrected chi connectivity index (χ2v) is 10.7. The Balaban J connectivity index is 1.41. The van der Waals surface area contributed by atoms with Gasteiger partial charge in [0.2, 0.25) is 0 Å². The Morgan fingerprint density at radius 1 is 1.30 bits per heavy atom. The van der Waals surface area contributed by atoms with E-state index < -0.39 is 5.60 Å². The van der Waals surface area contributed by atoms with Crippen molar-refractivity contribution in [2.24, 2.45) is 5.92 Å². The van der Waals surface area contributed by atoms with Crippen LogP contribution in [-0.2, 0) is 4.74 Å². The third-order valence-electron chi connectivity index (χ3n) is 6.86. The number of carbonyl (C=O) groups excluding carboxylic acids is 1. The summed E-state index contributed by atoms with van der Waals surface area (Å²) in [6, 6.07) is 4.41. The minimum absolute atomic E-state index is 0.0205. The molecule has 2 aromatic rings. The normalized spacial score (nSPS) is 25.6. The van der Waals surface area contributed by atoms with Crippen molar-refractivity contribution in [3.8, 4) is 11.3 Å². The Hall–Kier alpha value is -2.45. The van der Waals surface area contributed by atoms with Gasteiger partial charge in [-0.05, 0) is 64.0 Å². The summed E-state index contributed by atoms with van der Waals surface area (Å²) >= 11 is 0. The molecule has 0 spiro atoms. The van der Waals surface area contributed by atoms with Crippen LogP contribution in [0.2, 0.25) is 0 Å². The first kappa shape index (κ1) is 22.3. The molecule has 0 bridgehead atoms. The molecule has 2 aliphatic carbocycles. The molecule has 0 radical (unpaired) electrons. The van der Waals surface area contributed by atoms with E-state index in [0.29, 0.717) is 37.5 Å². The SMILES string of the molecule is CC(C)(C)OC(=O)N1CCNC(c2cccnc2-c2cn(C3CC(CO)C3)nc2C2CC2)C1. The van der Waals surface area contributed by atoms with Gasteiger partial charge in [-0.25, -0.2) is 4.79 Å². The number of amides is 1. The molecule has 3 aliphatic rings. The van der Waals surface area contributed by atoms with Crippen molar-refractivity contribution in [2.45, 2.75) is 70.1 Å². The maximum Gasteiger partial charge on any atom is 0.410 e. The summed E-state index contributed by atoms with van der Waals surface area (Å²) < 4.78 is 7.72. The van der Waals surface area contributed by atoms with Crippen molar-refractivity contribution < 1.29 is 14.6 Å². The summed E-state index contributed by atoms with van der Waals surface area (Å²) in [5.41, 5.74) is 3.78. The molecule has 2 saturated carbocycles. The predicted octanol–water partition coefficient (Wildman–Crippen LogP) is 3.65. The van der Waals surface area contributed by atoms with Gasteiger partial charge in [-0.15, -0.1) is 0 Å². The van der Waals surface area contributed by atoms with Gasteiger partial charge in [0.05, 0.1) is 23.5 Å². The van der Waals surface area contributed by atoms with Gasteiger partial charge in [0.15, 0.2) is 0 Å². The molecular formula is C25H35N5O3. The molecule has 0 aromatic carbocycles. The number of hydrogen-bond acceptors (Lipinski definition) is 6. The number of rotatable bonds is 5. The summed E-state index contributed by atoms with van der Waals surface area (Å²) in [4.78, 5) is 19.3. The maximum absolute atomic E-state index is 12.7. The van der Waals surface area contributed by atoms with Crippen LogP contribution in [0.1, 0.15) is 75.7 Å². The molecule has 8 heteroatoms. The van der Waals surface area contributed by atoms with Crippen LogP contribution in [0.15, 0.2) is 24.5 Å². The molecule has 178 valence electrons. The van der Waals surface area contributed by atoms with Gasteiger partial charge >= 0.3 is 6.09 Å². The number of nitrogens with zero attached hydrogens (tertiary/aromatic N) is 4. The summed E-state index contributed by atoms with van der Waals surface area (Å²) in [5, 5.41) is 18.0. The zero-order valence-electron chi connectivity index (χ0n) is 19.8. The fraction of sp³-hybridized carbons (Fsp3) is 0.640. The molecule has 1 amide bonds. The Kier molecular flexibility index (Phi) is 5.91. The second-order valence-electron chi connectivity index (χ2n) is 10.7.